The van der Waals surface area contributed by atoms with E-state index in [4.69, 9.17) is 20.8 Å². The van der Waals surface area contributed by atoms with Crippen LogP contribution < -0.4 is 10.9 Å². The summed E-state index contributed by atoms with van der Waals surface area (Å²) in [4.78, 5) is 24.0. The summed E-state index contributed by atoms with van der Waals surface area (Å²) in [5.41, 5.74) is 0.823. The molecular formula is C19H22ClNO6. The second-order valence-corrected chi connectivity index (χ2v) is 6.98. The van der Waals surface area contributed by atoms with E-state index in [-0.39, 0.29) is 41.0 Å². The average molecular weight is 396 g/mol. The Bertz CT molecular complexity index is 917. The van der Waals surface area contributed by atoms with Gasteiger partial charge >= 0.3 is 11.6 Å². The maximum atomic E-state index is 12.4. The van der Waals surface area contributed by atoms with Crippen LogP contribution in [0.4, 0.5) is 0 Å². The molecule has 1 aliphatic rings. The zero-order valence-electron chi connectivity index (χ0n) is 15.3. The van der Waals surface area contributed by atoms with E-state index in [1.807, 2.05) is 0 Å². The number of methoxy groups -OCH3 is 1. The molecule has 8 heteroatoms. The highest BCUT2D eigenvalue weighted by atomic mass is 35.5. The summed E-state index contributed by atoms with van der Waals surface area (Å²) in [5.74, 6) is -0.666. The van der Waals surface area contributed by atoms with Crippen LogP contribution in [0.2, 0.25) is 5.02 Å². The van der Waals surface area contributed by atoms with Gasteiger partial charge in [-0.3, -0.25) is 4.79 Å². The van der Waals surface area contributed by atoms with Crippen LogP contribution in [0.3, 0.4) is 0 Å². The molecule has 0 spiro atoms. The van der Waals surface area contributed by atoms with E-state index in [9.17, 15) is 14.7 Å². The predicted molar refractivity (Wildman–Crippen MR) is 100 cm³/mol. The molecule has 2 aromatic rings. The van der Waals surface area contributed by atoms with Gasteiger partial charge in [0.15, 0.2) is 0 Å². The van der Waals surface area contributed by atoms with Crippen LogP contribution in [0, 0.1) is 6.92 Å². The summed E-state index contributed by atoms with van der Waals surface area (Å²) in [6.45, 7) is 3.36. The predicted octanol–water partition coefficient (Wildman–Crippen LogP) is 2.44. The molecule has 27 heavy (non-hydrogen) atoms. The van der Waals surface area contributed by atoms with Gasteiger partial charge in [-0.05, 0) is 31.4 Å². The van der Waals surface area contributed by atoms with E-state index >= 15 is 0 Å². The Balaban J connectivity index is 1.98. The number of phenolic OH excluding ortho intramolecular Hbond substituents is 1. The van der Waals surface area contributed by atoms with Gasteiger partial charge in [0.05, 0.1) is 35.8 Å². The first-order valence-electron chi connectivity index (χ1n) is 8.78. The number of rotatable bonds is 6. The molecule has 0 saturated carbocycles. The van der Waals surface area contributed by atoms with E-state index in [0.717, 1.165) is 19.4 Å². The van der Waals surface area contributed by atoms with Gasteiger partial charge in [0.2, 0.25) is 0 Å². The molecule has 3 rings (SSSR count). The minimum absolute atomic E-state index is 0.132. The molecule has 1 unspecified atom stereocenters. The number of esters is 1. The molecule has 1 atom stereocenters. The molecule has 1 aliphatic heterocycles. The fourth-order valence-electron chi connectivity index (χ4n) is 3.29. The maximum absolute atomic E-state index is 12.4. The van der Waals surface area contributed by atoms with Crippen LogP contribution >= 0.6 is 11.6 Å². The average Bonchev–Trinajstić information content (AvgIpc) is 3.16. The van der Waals surface area contributed by atoms with Crippen LogP contribution in [0.5, 0.6) is 5.75 Å². The number of aromatic hydroxyl groups is 1. The first kappa shape index (κ1) is 19.7. The maximum Gasteiger partial charge on any atom is 0.340 e. The first-order valence-corrected chi connectivity index (χ1v) is 9.16. The molecule has 7 nitrogen and oxygen atoms in total. The van der Waals surface area contributed by atoms with E-state index in [2.05, 4.69) is 10.1 Å². The second-order valence-electron chi connectivity index (χ2n) is 6.57. The van der Waals surface area contributed by atoms with Crippen molar-refractivity contribution in [1.29, 1.82) is 0 Å². The Morgan fingerprint density at radius 1 is 1.44 bits per heavy atom. The number of hydrogen-bond acceptors (Lipinski definition) is 7. The molecule has 1 saturated heterocycles. The molecule has 1 fully saturated rings. The topological polar surface area (TPSA) is 98.0 Å². The van der Waals surface area contributed by atoms with Gasteiger partial charge < -0.3 is 24.3 Å². The van der Waals surface area contributed by atoms with Crippen molar-refractivity contribution in [1.82, 2.24) is 5.32 Å². The Morgan fingerprint density at radius 2 is 2.22 bits per heavy atom. The fraction of sp³-hybridized carbons (Fsp3) is 0.474. The van der Waals surface area contributed by atoms with Crippen LogP contribution in [0.1, 0.15) is 29.5 Å². The number of phenols is 1. The lowest BCUT2D eigenvalue weighted by atomic mass is 10.0. The van der Waals surface area contributed by atoms with Crippen molar-refractivity contribution in [3.8, 4) is 5.75 Å². The molecule has 1 aromatic heterocycles. The summed E-state index contributed by atoms with van der Waals surface area (Å²) in [6, 6.07) is 1.54. The van der Waals surface area contributed by atoms with Crippen molar-refractivity contribution in [3.05, 3.63) is 38.2 Å². The Kier molecular flexibility index (Phi) is 6.04. The number of nitrogens with one attached hydrogen (secondary N) is 1. The highest BCUT2D eigenvalue weighted by Gasteiger charge is 2.21. The minimum Gasteiger partial charge on any atom is -0.506 e. The van der Waals surface area contributed by atoms with E-state index in [1.54, 1.807) is 6.92 Å². The third kappa shape index (κ3) is 4.10. The lowest BCUT2D eigenvalue weighted by Crippen LogP contribution is -2.26. The largest absolute Gasteiger partial charge is 0.506 e. The molecule has 0 amide bonds. The van der Waals surface area contributed by atoms with Crippen molar-refractivity contribution >= 4 is 28.5 Å². The molecule has 0 radical (unpaired) electrons. The summed E-state index contributed by atoms with van der Waals surface area (Å²) in [6.07, 6.45) is 1.97. The van der Waals surface area contributed by atoms with Crippen molar-refractivity contribution in [2.75, 3.05) is 20.3 Å². The fourth-order valence-corrected chi connectivity index (χ4v) is 3.51. The lowest BCUT2D eigenvalue weighted by Gasteiger charge is -2.15. The second kappa shape index (κ2) is 8.29. The first-order chi connectivity index (χ1) is 12.9. The van der Waals surface area contributed by atoms with Gasteiger partial charge in [-0.15, -0.1) is 0 Å². The Labute approximate surface area is 161 Å². The lowest BCUT2D eigenvalue weighted by molar-refractivity contribution is -0.139. The molecule has 2 heterocycles. The Hall–Kier alpha value is -2.09. The molecule has 1 aromatic carbocycles. The highest BCUT2D eigenvalue weighted by molar-refractivity contribution is 6.33. The van der Waals surface area contributed by atoms with Crippen molar-refractivity contribution < 1.29 is 23.8 Å². The van der Waals surface area contributed by atoms with Gasteiger partial charge in [-0.25, -0.2) is 4.79 Å². The van der Waals surface area contributed by atoms with Crippen molar-refractivity contribution in [2.24, 2.45) is 0 Å². The number of fused-ring (bicyclic) bond motifs is 1. The van der Waals surface area contributed by atoms with Gasteiger partial charge in [0, 0.05) is 25.1 Å². The number of carbonyl (C=O) groups excluding carboxylic acids is 1. The third-order valence-electron chi connectivity index (χ3n) is 4.85. The molecular weight excluding hydrogens is 374 g/mol. The molecule has 146 valence electrons. The zero-order valence-corrected chi connectivity index (χ0v) is 16.0. The summed E-state index contributed by atoms with van der Waals surface area (Å²) < 4.78 is 15.7. The van der Waals surface area contributed by atoms with E-state index < -0.39 is 11.6 Å². The number of ether oxygens (including phenoxy) is 2. The van der Waals surface area contributed by atoms with Crippen LogP contribution in [0.15, 0.2) is 15.3 Å². The van der Waals surface area contributed by atoms with Crippen LogP contribution in [0.25, 0.3) is 11.0 Å². The molecule has 0 aliphatic carbocycles. The minimum atomic E-state index is -0.632. The quantitative estimate of drug-likeness (QED) is 0.572. The number of halogens is 1. The summed E-state index contributed by atoms with van der Waals surface area (Å²) >= 11 is 6.18. The standard InChI is InChI=1S/C19H22ClNO6/c1-10-12-6-15(20)17(23)14(9-21-8-11-4-3-5-26-11)18(12)27-19(24)13(10)7-16(22)25-2/h6,11,21,23H,3-5,7-9H2,1-2H3. The zero-order chi connectivity index (χ0) is 19.6. The Morgan fingerprint density at radius 3 is 2.89 bits per heavy atom. The number of carbonyl (C=O) groups is 1. The molecule has 0 bridgehead atoms. The molecule has 2 N–H and O–H groups in total. The summed E-state index contributed by atoms with van der Waals surface area (Å²) in [7, 11) is 1.26. The monoisotopic (exact) mass is 395 g/mol. The van der Waals surface area contributed by atoms with Crippen molar-refractivity contribution in [3.63, 3.8) is 0 Å². The number of aryl methyl sites for hydroxylation is 1. The van der Waals surface area contributed by atoms with Crippen molar-refractivity contribution in [2.45, 2.75) is 38.8 Å². The van der Waals surface area contributed by atoms with E-state index in [1.165, 1.54) is 13.2 Å². The smallest absolute Gasteiger partial charge is 0.340 e. The number of benzene rings is 1. The SMILES string of the molecule is COC(=O)Cc1c(C)c2cc(Cl)c(O)c(CNCC3CCCO3)c2oc1=O. The number of hydrogen-bond donors (Lipinski definition) is 2. The van der Waals surface area contributed by atoms with Gasteiger partial charge in [0.25, 0.3) is 0 Å². The van der Waals surface area contributed by atoms with Gasteiger partial charge in [-0.2, -0.15) is 0 Å². The third-order valence-corrected chi connectivity index (χ3v) is 5.13. The van der Waals surface area contributed by atoms with Crippen LogP contribution in [-0.2, 0) is 27.2 Å². The highest BCUT2D eigenvalue weighted by Crippen LogP contribution is 2.36. The summed E-state index contributed by atoms with van der Waals surface area (Å²) in [5, 5.41) is 14.3. The normalized spacial score (nSPS) is 16.8. The van der Waals surface area contributed by atoms with E-state index in [0.29, 0.717) is 23.1 Å². The van der Waals surface area contributed by atoms with Crippen LogP contribution in [-0.4, -0.2) is 37.4 Å². The van der Waals surface area contributed by atoms with Gasteiger partial charge in [-0.1, -0.05) is 11.6 Å². The van der Waals surface area contributed by atoms with Gasteiger partial charge in [0.1, 0.15) is 11.3 Å².